The van der Waals surface area contributed by atoms with Crippen molar-refractivity contribution in [3.8, 4) is 0 Å². The van der Waals surface area contributed by atoms with Gasteiger partial charge < -0.3 is 20.1 Å². The summed E-state index contributed by atoms with van der Waals surface area (Å²) >= 11 is 2.90. The van der Waals surface area contributed by atoms with Gasteiger partial charge in [0.1, 0.15) is 5.82 Å². The number of hydrogen-bond donors (Lipinski definition) is 2. The lowest BCUT2D eigenvalue weighted by Gasteiger charge is -2.16. The Kier molecular flexibility index (Phi) is 7.69. The number of ether oxygens (including phenoxy) is 2. The van der Waals surface area contributed by atoms with E-state index in [-0.39, 0.29) is 5.69 Å². The smallest absolute Gasteiger partial charge is 0.357 e. The van der Waals surface area contributed by atoms with E-state index in [4.69, 9.17) is 9.47 Å². The molecule has 0 atom stereocenters. The summed E-state index contributed by atoms with van der Waals surface area (Å²) < 4.78 is 12.3. The number of benzene rings is 2. The number of thiazole rings is 2. The number of pyridine rings is 1. The van der Waals surface area contributed by atoms with E-state index in [2.05, 4.69) is 25.6 Å². The largest absolute Gasteiger partial charge is 0.461 e. The summed E-state index contributed by atoms with van der Waals surface area (Å²) in [5.41, 5.74) is 4.93. The third-order valence-electron chi connectivity index (χ3n) is 5.56. The molecule has 5 aromatic rings. The van der Waals surface area contributed by atoms with E-state index in [1.54, 1.807) is 29.8 Å². The minimum absolute atomic E-state index is 0.273. The molecule has 0 radical (unpaired) electrons. The molecule has 0 spiro atoms. The van der Waals surface area contributed by atoms with E-state index in [1.807, 2.05) is 61.5 Å². The zero-order valence-electron chi connectivity index (χ0n) is 20.4. The molecule has 188 valence electrons. The molecule has 0 aliphatic carbocycles. The van der Waals surface area contributed by atoms with E-state index in [1.165, 1.54) is 11.3 Å². The van der Waals surface area contributed by atoms with Gasteiger partial charge in [0.05, 0.1) is 41.9 Å². The summed E-state index contributed by atoms with van der Waals surface area (Å²) in [4.78, 5) is 25.8. The van der Waals surface area contributed by atoms with Crippen molar-refractivity contribution < 1.29 is 14.3 Å². The first-order chi connectivity index (χ1) is 18.1. The van der Waals surface area contributed by atoms with Crippen molar-refractivity contribution in [2.45, 2.75) is 27.1 Å². The average Bonchev–Trinajstić information content (AvgIpc) is 3.55. The molecule has 3 heterocycles. The van der Waals surface area contributed by atoms with Crippen LogP contribution in [-0.2, 0) is 22.7 Å². The molecule has 0 unspecified atom stereocenters. The van der Waals surface area contributed by atoms with Crippen LogP contribution in [0.1, 0.15) is 34.1 Å². The van der Waals surface area contributed by atoms with Crippen LogP contribution >= 0.6 is 22.7 Å². The van der Waals surface area contributed by atoms with E-state index in [0.29, 0.717) is 30.8 Å². The fourth-order valence-corrected chi connectivity index (χ4v) is 5.24. The van der Waals surface area contributed by atoms with Gasteiger partial charge >= 0.3 is 5.97 Å². The fourth-order valence-electron chi connectivity index (χ4n) is 3.69. The highest BCUT2D eigenvalue weighted by Gasteiger charge is 2.17. The van der Waals surface area contributed by atoms with Gasteiger partial charge in [0.15, 0.2) is 16.0 Å². The number of aromatic nitrogens is 3. The molecule has 8 nitrogen and oxygen atoms in total. The van der Waals surface area contributed by atoms with Crippen LogP contribution in [0.2, 0.25) is 0 Å². The first-order valence-electron chi connectivity index (χ1n) is 11.7. The van der Waals surface area contributed by atoms with Crippen molar-refractivity contribution in [1.82, 2.24) is 15.0 Å². The lowest BCUT2D eigenvalue weighted by atomic mass is 10.1. The van der Waals surface area contributed by atoms with E-state index < -0.39 is 5.97 Å². The Hall–Kier alpha value is -3.86. The standard InChI is InChI=1S/C27H25N5O3S2/c1-3-35-25(33)22-16-36-26(31-22)30-21-13-28-24(32-27-29-20-11-7-8-12-23(20)37-27)17(2)19(21)15-34-14-18-9-5-4-6-10-18/h4-13,16H,3,14-15H2,1-2H3,(H,30,31)(H,28,29,32). The number of rotatable bonds is 10. The Morgan fingerprint density at radius 3 is 2.59 bits per heavy atom. The second-order valence-corrected chi connectivity index (χ2v) is 9.99. The Balaban J connectivity index is 1.40. The maximum absolute atomic E-state index is 12.0. The minimum Gasteiger partial charge on any atom is -0.461 e. The van der Waals surface area contributed by atoms with Crippen LogP contribution < -0.4 is 10.6 Å². The summed E-state index contributed by atoms with van der Waals surface area (Å²) in [5, 5.41) is 9.70. The summed E-state index contributed by atoms with van der Waals surface area (Å²) in [6, 6.07) is 18.1. The van der Waals surface area contributed by atoms with Gasteiger partial charge in [-0.3, -0.25) is 0 Å². The second kappa shape index (κ2) is 11.5. The first kappa shape index (κ1) is 24.8. The molecule has 2 aromatic carbocycles. The molecule has 0 aliphatic rings. The van der Waals surface area contributed by atoms with Crippen molar-refractivity contribution >= 4 is 60.6 Å². The quantitative estimate of drug-likeness (QED) is 0.189. The minimum atomic E-state index is -0.442. The van der Waals surface area contributed by atoms with Crippen molar-refractivity contribution in [2.24, 2.45) is 0 Å². The normalized spacial score (nSPS) is 11.0. The maximum Gasteiger partial charge on any atom is 0.357 e. The molecule has 0 bridgehead atoms. The number of fused-ring (bicyclic) bond motifs is 1. The average molecular weight is 532 g/mol. The van der Waals surface area contributed by atoms with Crippen molar-refractivity contribution in [3.63, 3.8) is 0 Å². The molecular weight excluding hydrogens is 506 g/mol. The van der Waals surface area contributed by atoms with E-state index in [0.717, 1.165) is 37.7 Å². The zero-order valence-corrected chi connectivity index (χ0v) is 22.0. The second-order valence-electron chi connectivity index (χ2n) is 8.10. The number of nitrogens with one attached hydrogen (secondary N) is 2. The van der Waals surface area contributed by atoms with Gasteiger partial charge in [-0.15, -0.1) is 11.3 Å². The van der Waals surface area contributed by atoms with Gasteiger partial charge in [0.2, 0.25) is 0 Å². The SMILES string of the molecule is CCOC(=O)c1csc(Nc2cnc(Nc3nc4ccccc4s3)c(C)c2COCc2ccccc2)n1. The number of carbonyl (C=O) groups is 1. The lowest BCUT2D eigenvalue weighted by molar-refractivity contribution is 0.0520. The summed E-state index contributed by atoms with van der Waals surface area (Å²) in [6.45, 7) is 4.90. The van der Waals surface area contributed by atoms with Crippen LogP contribution in [0.25, 0.3) is 10.2 Å². The number of anilines is 4. The topological polar surface area (TPSA) is 98.3 Å². The lowest BCUT2D eigenvalue weighted by Crippen LogP contribution is -2.07. The predicted molar refractivity (Wildman–Crippen MR) is 148 cm³/mol. The van der Waals surface area contributed by atoms with Crippen LogP contribution in [0.15, 0.2) is 66.2 Å². The zero-order chi connectivity index (χ0) is 25.6. The van der Waals surface area contributed by atoms with Gasteiger partial charge in [-0.25, -0.2) is 19.7 Å². The molecule has 37 heavy (non-hydrogen) atoms. The van der Waals surface area contributed by atoms with Crippen LogP contribution in [-0.4, -0.2) is 27.5 Å². The van der Waals surface area contributed by atoms with Gasteiger partial charge in [-0.1, -0.05) is 53.8 Å². The molecule has 0 saturated carbocycles. The van der Waals surface area contributed by atoms with E-state index >= 15 is 0 Å². The molecule has 3 aromatic heterocycles. The molecule has 0 aliphatic heterocycles. The molecule has 2 N–H and O–H groups in total. The van der Waals surface area contributed by atoms with Crippen molar-refractivity contribution in [2.75, 3.05) is 17.2 Å². The highest BCUT2D eigenvalue weighted by atomic mass is 32.1. The van der Waals surface area contributed by atoms with Crippen LogP contribution in [0.3, 0.4) is 0 Å². The number of esters is 1. The van der Waals surface area contributed by atoms with Gasteiger partial charge in [0.25, 0.3) is 0 Å². The number of hydrogen-bond acceptors (Lipinski definition) is 10. The maximum atomic E-state index is 12.0. The van der Waals surface area contributed by atoms with Crippen molar-refractivity contribution in [3.05, 3.63) is 88.6 Å². The Bertz CT molecular complexity index is 1480. The highest BCUT2D eigenvalue weighted by molar-refractivity contribution is 7.22. The molecule has 5 rings (SSSR count). The monoisotopic (exact) mass is 531 g/mol. The Morgan fingerprint density at radius 1 is 0.973 bits per heavy atom. The molecule has 0 amide bonds. The Morgan fingerprint density at radius 2 is 1.78 bits per heavy atom. The van der Waals surface area contributed by atoms with Crippen LogP contribution in [0.4, 0.5) is 21.8 Å². The third kappa shape index (κ3) is 5.93. The molecular formula is C27H25N5O3S2. The van der Waals surface area contributed by atoms with Gasteiger partial charge in [-0.2, -0.15) is 0 Å². The summed E-state index contributed by atoms with van der Waals surface area (Å²) in [7, 11) is 0. The number of carbonyl (C=O) groups excluding carboxylic acids is 1. The van der Waals surface area contributed by atoms with E-state index in [9.17, 15) is 4.79 Å². The van der Waals surface area contributed by atoms with Gasteiger partial charge in [0, 0.05) is 10.9 Å². The van der Waals surface area contributed by atoms with Crippen molar-refractivity contribution in [1.29, 1.82) is 0 Å². The first-order valence-corrected chi connectivity index (χ1v) is 13.4. The number of nitrogens with zero attached hydrogens (tertiary/aromatic N) is 3. The van der Waals surface area contributed by atoms with Crippen LogP contribution in [0, 0.1) is 6.92 Å². The van der Waals surface area contributed by atoms with Crippen LogP contribution in [0.5, 0.6) is 0 Å². The third-order valence-corrected chi connectivity index (χ3v) is 7.27. The molecule has 0 saturated heterocycles. The summed E-state index contributed by atoms with van der Waals surface area (Å²) in [6.07, 6.45) is 1.75. The fraction of sp³-hybridized carbons (Fsp3) is 0.185. The highest BCUT2D eigenvalue weighted by Crippen LogP contribution is 2.33. The molecule has 10 heteroatoms. The molecule has 0 fully saturated rings. The number of para-hydroxylation sites is 1. The Labute approximate surface area is 222 Å². The summed E-state index contributed by atoms with van der Waals surface area (Å²) in [5.74, 6) is 0.261. The van der Waals surface area contributed by atoms with Gasteiger partial charge in [-0.05, 0) is 37.1 Å². The predicted octanol–water partition coefficient (Wildman–Crippen LogP) is 6.84.